The second-order valence-corrected chi connectivity index (χ2v) is 6.40. The van der Waals surface area contributed by atoms with Crippen LogP contribution in [0.1, 0.15) is 11.6 Å². The highest BCUT2D eigenvalue weighted by Gasteiger charge is 2.31. The topological polar surface area (TPSA) is 116 Å². The minimum atomic E-state index is -4.33. The van der Waals surface area contributed by atoms with Crippen LogP contribution in [-0.4, -0.2) is 26.4 Å². The number of nitrogens with one attached hydrogen (secondary N) is 1. The molecule has 1 N–H and O–H groups in total. The second kappa shape index (κ2) is 7.20. The molecule has 0 bridgehead atoms. The van der Waals surface area contributed by atoms with Crippen molar-refractivity contribution >= 4 is 21.7 Å². The van der Waals surface area contributed by atoms with Gasteiger partial charge in [0.15, 0.2) is 4.90 Å². The minimum Gasteiger partial charge on any atom is -0.468 e. The summed E-state index contributed by atoms with van der Waals surface area (Å²) in [4.78, 5) is 21.7. The standard InChI is InChI=1S/C15H14N2O6S/c1-23-15(18)14(11-7-3-2-4-8-11)16-24(21,22)13-10-6-5-9-12(13)17(19)20/h2-10,14,16H,1H3. The molecule has 0 aliphatic carbocycles. The van der Waals surface area contributed by atoms with Crippen LogP contribution >= 0.6 is 0 Å². The molecule has 0 saturated heterocycles. The van der Waals surface area contributed by atoms with E-state index in [1.54, 1.807) is 30.3 Å². The molecule has 0 aromatic heterocycles. The number of carbonyl (C=O) groups is 1. The molecule has 1 unspecified atom stereocenters. The predicted molar refractivity (Wildman–Crippen MR) is 84.6 cm³/mol. The van der Waals surface area contributed by atoms with Gasteiger partial charge in [0, 0.05) is 6.07 Å². The summed E-state index contributed by atoms with van der Waals surface area (Å²) >= 11 is 0. The predicted octanol–water partition coefficient (Wildman–Crippen LogP) is 1.79. The van der Waals surface area contributed by atoms with Gasteiger partial charge in [0.2, 0.25) is 10.0 Å². The van der Waals surface area contributed by atoms with Crippen molar-refractivity contribution in [1.29, 1.82) is 0 Å². The molecule has 1 atom stereocenters. The van der Waals surface area contributed by atoms with Gasteiger partial charge in [-0.1, -0.05) is 42.5 Å². The van der Waals surface area contributed by atoms with Crippen LogP contribution in [0, 0.1) is 10.1 Å². The Hall–Kier alpha value is -2.78. The van der Waals surface area contributed by atoms with Gasteiger partial charge < -0.3 is 4.74 Å². The van der Waals surface area contributed by atoms with E-state index in [1.807, 2.05) is 0 Å². The van der Waals surface area contributed by atoms with Crippen LogP contribution in [0.2, 0.25) is 0 Å². The van der Waals surface area contributed by atoms with Gasteiger partial charge in [-0.25, -0.2) is 13.2 Å². The van der Waals surface area contributed by atoms with Crippen molar-refractivity contribution in [1.82, 2.24) is 4.72 Å². The maximum Gasteiger partial charge on any atom is 0.328 e. The lowest BCUT2D eigenvalue weighted by atomic mass is 10.1. The number of benzene rings is 2. The first kappa shape index (κ1) is 17.6. The molecule has 0 radical (unpaired) electrons. The second-order valence-electron chi connectivity index (χ2n) is 4.71. The van der Waals surface area contributed by atoms with Gasteiger partial charge in [-0.05, 0) is 11.6 Å². The van der Waals surface area contributed by atoms with Crippen molar-refractivity contribution < 1.29 is 22.9 Å². The fourth-order valence-corrected chi connectivity index (χ4v) is 3.41. The third-order valence-corrected chi connectivity index (χ3v) is 4.66. The normalized spacial score (nSPS) is 12.4. The van der Waals surface area contributed by atoms with E-state index < -0.39 is 37.5 Å². The summed E-state index contributed by atoms with van der Waals surface area (Å²) in [7, 11) is -3.21. The fraction of sp³-hybridized carbons (Fsp3) is 0.133. The van der Waals surface area contributed by atoms with E-state index >= 15 is 0 Å². The highest BCUT2D eigenvalue weighted by molar-refractivity contribution is 7.89. The number of rotatable bonds is 6. The molecule has 0 amide bonds. The van der Waals surface area contributed by atoms with Crippen LogP contribution in [0.25, 0.3) is 0 Å². The molecule has 8 nitrogen and oxygen atoms in total. The number of nitro benzene ring substituents is 1. The van der Waals surface area contributed by atoms with Crippen LogP contribution < -0.4 is 4.72 Å². The van der Waals surface area contributed by atoms with E-state index in [0.717, 1.165) is 19.2 Å². The number of nitro groups is 1. The lowest BCUT2D eigenvalue weighted by Gasteiger charge is -2.17. The molecule has 24 heavy (non-hydrogen) atoms. The minimum absolute atomic E-state index is 0.353. The lowest BCUT2D eigenvalue weighted by molar-refractivity contribution is -0.387. The van der Waals surface area contributed by atoms with Crippen LogP contribution in [0.4, 0.5) is 5.69 Å². The summed E-state index contributed by atoms with van der Waals surface area (Å²) in [6.45, 7) is 0. The number of ether oxygens (including phenoxy) is 1. The molecule has 0 heterocycles. The summed E-state index contributed by atoms with van der Waals surface area (Å²) in [5, 5.41) is 11.0. The summed E-state index contributed by atoms with van der Waals surface area (Å²) < 4.78 is 31.9. The number of para-hydroxylation sites is 1. The smallest absolute Gasteiger partial charge is 0.328 e. The van der Waals surface area contributed by atoms with Gasteiger partial charge in [0.05, 0.1) is 12.0 Å². The van der Waals surface area contributed by atoms with Crippen LogP contribution in [0.5, 0.6) is 0 Å². The summed E-state index contributed by atoms with van der Waals surface area (Å²) in [6, 6.07) is 11.6. The Balaban J connectivity index is 2.46. The zero-order chi connectivity index (χ0) is 17.7. The van der Waals surface area contributed by atoms with Gasteiger partial charge in [0.1, 0.15) is 6.04 Å². The first-order valence-electron chi connectivity index (χ1n) is 6.75. The Kier molecular flexibility index (Phi) is 5.27. The third-order valence-electron chi connectivity index (χ3n) is 3.19. The number of methoxy groups -OCH3 is 1. The fourth-order valence-electron chi connectivity index (χ4n) is 2.07. The molecular weight excluding hydrogens is 336 g/mol. The first-order valence-corrected chi connectivity index (χ1v) is 8.23. The SMILES string of the molecule is COC(=O)C(NS(=O)(=O)c1ccccc1[N+](=O)[O-])c1ccccc1. The molecule has 2 aromatic carbocycles. The quantitative estimate of drug-likeness (QED) is 0.482. The molecule has 0 spiro atoms. The zero-order valence-corrected chi connectivity index (χ0v) is 13.4. The molecule has 0 saturated carbocycles. The summed E-state index contributed by atoms with van der Waals surface area (Å²) in [6.07, 6.45) is 0. The monoisotopic (exact) mass is 350 g/mol. The van der Waals surface area contributed by atoms with Gasteiger partial charge in [-0.3, -0.25) is 10.1 Å². The average molecular weight is 350 g/mol. The molecule has 2 rings (SSSR count). The summed E-state index contributed by atoms with van der Waals surface area (Å²) in [5.74, 6) is -0.830. The summed E-state index contributed by atoms with van der Waals surface area (Å²) in [5.41, 5.74) is -0.229. The zero-order valence-electron chi connectivity index (χ0n) is 12.6. The van der Waals surface area contributed by atoms with E-state index in [0.29, 0.717) is 5.56 Å². The Labute approximate surface area is 138 Å². The van der Waals surface area contributed by atoms with Crippen molar-refractivity contribution in [2.45, 2.75) is 10.9 Å². The van der Waals surface area contributed by atoms with Gasteiger partial charge in [-0.2, -0.15) is 4.72 Å². The van der Waals surface area contributed by atoms with E-state index in [2.05, 4.69) is 9.46 Å². The van der Waals surface area contributed by atoms with Gasteiger partial charge in [-0.15, -0.1) is 0 Å². The Morgan fingerprint density at radius 3 is 2.29 bits per heavy atom. The number of nitrogens with zero attached hydrogens (tertiary/aromatic N) is 1. The van der Waals surface area contributed by atoms with Crippen molar-refractivity contribution in [2.24, 2.45) is 0 Å². The Morgan fingerprint density at radius 2 is 1.71 bits per heavy atom. The van der Waals surface area contributed by atoms with E-state index in [4.69, 9.17) is 0 Å². The molecular formula is C15H14N2O6S. The largest absolute Gasteiger partial charge is 0.468 e. The molecule has 0 fully saturated rings. The van der Waals surface area contributed by atoms with Crippen molar-refractivity contribution in [3.8, 4) is 0 Å². The highest BCUT2D eigenvalue weighted by Crippen LogP contribution is 2.25. The lowest BCUT2D eigenvalue weighted by Crippen LogP contribution is -2.34. The first-order chi connectivity index (χ1) is 11.4. The van der Waals surface area contributed by atoms with Gasteiger partial charge in [0.25, 0.3) is 5.69 Å². The van der Waals surface area contributed by atoms with Crippen molar-refractivity contribution in [2.75, 3.05) is 7.11 Å². The number of hydrogen-bond donors (Lipinski definition) is 1. The van der Waals surface area contributed by atoms with E-state index in [-0.39, 0.29) is 0 Å². The molecule has 126 valence electrons. The number of esters is 1. The van der Waals surface area contributed by atoms with Crippen LogP contribution in [-0.2, 0) is 19.6 Å². The maximum absolute atomic E-state index is 12.5. The average Bonchev–Trinajstić information content (AvgIpc) is 2.59. The highest BCUT2D eigenvalue weighted by atomic mass is 32.2. The Bertz CT molecular complexity index is 851. The third kappa shape index (κ3) is 3.76. The van der Waals surface area contributed by atoms with E-state index in [1.165, 1.54) is 12.1 Å². The van der Waals surface area contributed by atoms with Crippen LogP contribution in [0.15, 0.2) is 59.5 Å². The Morgan fingerprint density at radius 1 is 1.12 bits per heavy atom. The maximum atomic E-state index is 12.5. The number of hydrogen-bond acceptors (Lipinski definition) is 6. The van der Waals surface area contributed by atoms with Crippen molar-refractivity contribution in [3.63, 3.8) is 0 Å². The molecule has 9 heteroatoms. The molecule has 0 aliphatic heterocycles. The molecule has 2 aromatic rings. The van der Waals surface area contributed by atoms with Crippen LogP contribution in [0.3, 0.4) is 0 Å². The van der Waals surface area contributed by atoms with Crippen molar-refractivity contribution in [3.05, 3.63) is 70.3 Å². The van der Waals surface area contributed by atoms with E-state index in [9.17, 15) is 23.3 Å². The number of sulfonamides is 1. The molecule has 0 aliphatic rings. The number of carbonyl (C=O) groups excluding carboxylic acids is 1. The van der Waals surface area contributed by atoms with Gasteiger partial charge >= 0.3 is 5.97 Å².